The second kappa shape index (κ2) is 7.21. The molecule has 4 aromatic rings. The molecule has 0 aliphatic heterocycles. The Morgan fingerprint density at radius 2 is 1.81 bits per heavy atom. The molecular formula is C21H15ClFN3O. The molecule has 27 heavy (non-hydrogen) atoms. The van der Waals surface area contributed by atoms with Crippen LogP contribution in [-0.4, -0.2) is 15.1 Å². The average Bonchev–Trinajstić information content (AvgIpc) is 2.70. The summed E-state index contributed by atoms with van der Waals surface area (Å²) < 4.78 is 13.9. The van der Waals surface area contributed by atoms with Crippen molar-refractivity contribution < 1.29 is 9.50 Å². The van der Waals surface area contributed by atoms with Crippen molar-refractivity contribution in [2.24, 2.45) is 0 Å². The minimum absolute atomic E-state index is 0.00677. The van der Waals surface area contributed by atoms with Gasteiger partial charge in [0.2, 0.25) is 0 Å². The van der Waals surface area contributed by atoms with Crippen LogP contribution in [0.25, 0.3) is 10.9 Å². The van der Waals surface area contributed by atoms with Crippen LogP contribution in [0.2, 0.25) is 5.02 Å². The molecule has 1 unspecified atom stereocenters. The number of aromatic nitrogens is 2. The van der Waals surface area contributed by atoms with E-state index in [-0.39, 0.29) is 11.6 Å². The number of aromatic hydroxyl groups is 1. The molecule has 0 bridgehead atoms. The van der Waals surface area contributed by atoms with E-state index in [1.54, 1.807) is 54.9 Å². The van der Waals surface area contributed by atoms with E-state index in [0.29, 0.717) is 32.9 Å². The highest BCUT2D eigenvalue weighted by Crippen LogP contribution is 2.39. The van der Waals surface area contributed by atoms with Crippen LogP contribution in [0.1, 0.15) is 17.2 Å². The maximum Gasteiger partial charge on any atom is 0.147 e. The van der Waals surface area contributed by atoms with Gasteiger partial charge >= 0.3 is 0 Å². The van der Waals surface area contributed by atoms with E-state index < -0.39 is 6.04 Å². The van der Waals surface area contributed by atoms with Crippen LogP contribution in [0.3, 0.4) is 0 Å². The smallest absolute Gasteiger partial charge is 0.147 e. The molecule has 134 valence electrons. The highest BCUT2D eigenvalue weighted by Gasteiger charge is 2.22. The Balaban J connectivity index is 1.91. The zero-order valence-corrected chi connectivity index (χ0v) is 14.9. The van der Waals surface area contributed by atoms with Gasteiger partial charge in [-0.3, -0.25) is 4.98 Å². The van der Waals surface area contributed by atoms with Crippen molar-refractivity contribution in [1.29, 1.82) is 0 Å². The molecule has 0 fully saturated rings. The number of hydrogen-bond acceptors (Lipinski definition) is 4. The van der Waals surface area contributed by atoms with Crippen molar-refractivity contribution >= 4 is 28.3 Å². The van der Waals surface area contributed by atoms with Gasteiger partial charge in [0.25, 0.3) is 0 Å². The van der Waals surface area contributed by atoms with E-state index >= 15 is 0 Å². The van der Waals surface area contributed by atoms with Crippen molar-refractivity contribution in [3.63, 3.8) is 0 Å². The van der Waals surface area contributed by atoms with E-state index in [1.165, 1.54) is 12.1 Å². The molecule has 0 spiro atoms. The van der Waals surface area contributed by atoms with Crippen molar-refractivity contribution in [3.8, 4) is 5.75 Å². The van der Waals surface area contributed by atoms with E-state index in [1.807, 2.05) is 6.07 Å². The molecule has 0 saturated heterocycles. The van der Waals surface area contributed by atoms with Crippen molar-refractivity contribution in [2.45, 2.75) is 6.04 Å². The second-order valence-electron chi connectivity index (χ2n) is 6.04. The van der Waals surface area contributed by atoms with Crippen LogP contribution in [0.5, 0.6) is 5.75 Å². The predicted molar refractivity (Wildman–Crippen MR) is 105 cm³/mol. The first-order valence-corrected chi connectivity index (χ1v) is 8.70. The van der Waals surface area contributed by atoms with E-state index in [2.05, 4.69) is 15.3 Å². The zero-order chi connectivity index (χ0) is 18.8. The highest BCUT2D eigenvalue weighted by molar-refractivity contribution is 6.35. The first-order chi connectivity index (χ1) is 13.1. The number of hydrogen-bond donors (Lipinski definition) is 2. The molecule has 0 aliphatic carbocycles. The lowest BCUT2D eigenvalue weighted by Gasteiger charge is -2.22. The number of benzene rings is 2. The topological polar surface area (TPSA) is 58.0 Å². The van der Waals surface area contributed by atoms with Crippen molar-refractivity contribution in [1.82, 2.24) is 9.97 Å². The first-order valence-electron chi connectivity index (χ1n) is 8.32. The number of nitrogens with one attached hydrogen (secondary N) is 1. The quantitative estimate of drug-likeness (QED) is 0.503. The molecule has 2 aromatic carbocycles. The fraction of sp³-hybridized carbons (Fsp3) is 0.0476. The number of fused-ring (bicyclic) bond motifs is 1. The zero-order valence-electron chi connectivity index (χ0n) is 14.1. The summed E-state index contributed by atoms with van der Waals surface area (Å²) in [6.07, 6.45) is 3.24. The fourth-order valence-corrected chi connectivity index (χ4v) is 3.32. The molecule has 0 aliphatic rings. The molecule has 2 N–H and O–H groups in total. The van der Waals surface area contributed by atoms with E-state index in [0.717, 1.165) is 0 Å². The van der Waals surface area contributed by atoms with Crippen LogP contribution in [0.15, 0.2) is 73.1 Å². The summed E-state index contributed by atoms with van der Waals surface area (Å²) in [6.45, 7) is 0. The van der Waals surface area contributed by atoms with Crippen molar-refractivity contribution in [2.75, 3.05) is 5.32 Å². The number of halogens is 2. The molecular weight excluding hydrogens is 365 g/mol. The van der Waals surface area contributed by atoms with Gasteiger partial charge in [0.15, 0.2) is 0 Å². The minimum Gasteiger partial charge on any atom is -0.505 e. The minimum atomic E-state index is -0.570. The third-order valence-corrected chi connectivity index (χ3v) is 4.61. The van der Waals surface area contributed by atoms with Gasteiger partial charge in [0.05, 0.1) is 11.1 Å². The summed E-state index contributed by atoms with van der Waals surface area (Å²) in [5.74, 6) is 0.209. The maximum atomic E-state index is 13.9. The molecule has 6 heteroatoms. The van der Waals surface area contributed by atoms with Crippen LogP contribution in [-0.2, 0) is 0 Å². The second-order valence-corrected chi connectivity index (χ2v) is 6.45. The van der Waals surface area contributed by atoms with Crippen LogP contribution < -0.4 is 5.32 Å². The van der Waals surface area contributed by atoms with Crippen LogP contribution in [0.4, 0.5) is 10.2 Å². The monoisotopic (exact) mass is 379 g/mol. The molecule has 4 nitrogen and oxygen atoms in total. The number of phenolic OH excluding ortho intramolecular Hbond substituents is 1. The normalized spacial score (nSPS) is 12.1. The number of nitrogens with zero attached hydrogens (tertiary/aromatic N) is 2. The maximum absolute atomic E-state index is 13.9. The van der Waals surface area contributed by atoms with Gasteiger partial charge in [-0.25, -0.2) is 9.37 Å². The van der Waals surface area contributed by atoms with Gasteiger partial charge in [-0.15, -0.1) is 0 Å². The van der Waals surface area contributed by atoms with Crippen LogP contribution in [0, 0.1) is 5.82 Å². The lowest BCUT2D eigenvalue weighted by Crippen LogP contribution is -2.14. The van der Waals surface area contributed by atoms with Crippen LogP contribution >= 0.6 is 11.6 Å². The Morgan fingerprint density at radius 3 is 2.59 bits per heavy atom. The summed E-state index contributed by atoms with van der Waals surface area (Å²) in [5.41, 5.74) is 1.51. The summed E-state index contributed by atoms with van der Waals surface area (Å²) in [5, 5.41) is 15.2. The summed E-state index contributed by atoms with van der Waals surface area (Å²) >= 11 is 6.43. The van der Waals surface area contributed by atoms with Crippen molar-refractivity contribution in [3.05, 3.63) is 95.0 Å². The Labute approximate surface area is 160 Å². The lowest BCUT2D eigenvalue weighted by atomic mass is 9.96. The van der Waals surface area contributed by atoms with Gasteiger partial charge in [0, 0.05) is 23.3 Å². The Bertz CT molecular complexity index is 1110. The Kier molecular flexibility index (Phi) is 4.60. The molecule has 0 radical (unpaired) electrons. The molecule has 4 rings (SSSR count). The number of anilines is 1. The third-order valence-electron chi connectivity index (χ3n) is 4.30. The van der Waals surface area contributed by atoms with Gasteiger partial charge in [-0.2, -0.15) is 0 Å². The van der Waals surface area contributed by atoms with E-state index in [4.69, 9.17) is 11.6 Å². The standard InChI is InChI=1S/C21H15ClFN3O/c22-17-12-16(21(27)20-15(17)7-4-10-25-20)19(13-5-3-6-14(23)11-13)26-18-8-1-2-9-24-18/h1-12,19,27H,(H,24,26). The fourth-order valence-electron chi connectivity index (χ4n) is 3.05. The first kappa shape index (κ1) is 17.2. The molecule has 2 aromatic heterocycles. The SMILES string of the molecule is Oc1c(C(Nc2ccccn2)c2cccc(F)c2)cc(Cl)c2cccnc12. The summed E-state index contributed by atoms with van der Waals surface area (Å²) in [4.78, 5) is 8.52. The molecule has 0 saturated carbocycles. The number of rotatable bonds is 4. The third kappa shape index (κ3) is 3.41. The molecule has 0 amide bonds. The van der Waals surface area contributed by atoms with Gasteiger partial charge < -0.3 is 10.4 Å². The van der Waals surface area contributed by atoms with E-state index in [9.17, 15) is 9.50 Å². The number of pyridine rings is 2. The summed E-state index contributed by atoms with van der Waals surface area (Å²) in [7, 11) is 0. The Hall–Kier alpha value is -3.18. The average molecular weight is 380 g/mol. The molecule has 2 heterocycles. The van der Waals surface area contributed by atoms with Gasteiger partial charge in [0.1, 0.15) is 22.9 Å². The lowest BCUT2D eigenvalue weighted by molar-refractivity contribution is 0.471. The molecule has 1 atom stereocenters. The highest BCUT2D eigenvalue weighted by atomic mass is 35.5. The predicted octanol–water partition coefficient (Wildman–Crippen LogP) is 5.33. The van der Waals surface area contributed by atoms with Gasteiger partial charge in [-0.05, 0) is 48.0 Å². The largest absolute Gasteiger partial charge is 0.505 e. The summed E-state index contributed by atoms with van der Waals surface area (Å²) in [6, 6.07) is 16.3. The van der Waals surface area contributed by atoms with Gasteiger partial charge in [-0.1, -0.05) is 29.8 Å². The Morgan fingerprint density at radius 1 is 0.963 bits per heavy atom. The number of phenols is 1.